The first-order valence-electron chi connectivity index (χ1n) is 10.2. The van der Waals surface area contributed by atoms with Crippen LogP contribution in [0.4, 0.5) is 26.3 Å². The zero-order valence-corrected chi connectivity index (χ0v) is 17.5. The van der Waals surface area contributed by atoms with E-state index >= 15 is 0 Å². The van der Waals surface area contributed by atoms with Crippen molar-refractivity contribution in [2.75, 3.05) is 6.61 Å². The first-order chi connectivity index (χ1) is 14.3. The summed E-state index contributed by atoms with van der Waals surface area (Å²) in [5.74, 6) is -0.0518. The van der Waals surface area contributed by atoms with E-state index in [0.717, 1.165) is 18.6 Å². The summed E-state index contributed by atoms with van der Waals surface area (Å²) in [6.07, 6.45) is -7.71. The fourth-order valence-corrected chi connectivity index (χ4v) is 4.04. The molecule has 2 heterocycles. The number of aliphatic hydroxyl groups is 1. The van der Waals surface area contributed by atoms with Gasteiger partial charge < -0.3 is 5.11 Å². The summed E-state index contributed by atoms with van der Waals surface area (Å²) >= 11 is 0. The minimum Gasteiger partial charge on any atom is -0.394 e. The van der Waals surface area contributed by atoms with Crippen LogP contribution in [0.15, 0.2) is 12.1 Å². The highest BCUT2D eigenvalue weighted by atomic mass is 19.4. The lowest BCUT2D eigenvalue weighted by Crippen LogP contribution is -2.13. The van der Waals surface area contributed by atoms with Crippen molar-refractivity contribution in [1.82, 2.24) is 19.6 Å². The van der Waals surface area contributed by atoms with Crippen molar-refractivity contribution >= 4 is 0 Å². The Morgan fingerprint density at radius 1 is 0.935 bits per heavy atom. The summed E-state index contributed by atoms with van der Waals surface area (Å²) in [7, 11) is 0. The first kappa shape index (κ1) is 23.6. The van der Waals surface area contributed by atoms with Crippen molar-refractivity contribution in [2.45, 2.75) is 70.9 Å². The van der Waals surface area contributed by atoms with Gasteiger partial charge in [-0.3, -0.25) is 9.36 Å². The lowest BCUT2D eigenvalue weighted by molar-refractivity contribution is -0.142. The Labute approximate surface area is 176 Å². The summed E-state index contributed by atoms with van der Waals surface area (Å²) in [6.45, 7) is 5.40. The molecule has 2 aromatic rings. The lowest BCUT2D eigenvalue weighted by atomic mass is 9.99. The molecule has 3 rings (SSSR count). The molecule has 1 saturated carbocycles. The number of aromatic nitrogens is 4. The van der Waals surface area contributed by atoms with Gasteiger partial charge in [-0.2, -0.15) is 36.5 Å². The van der Waals surface area contributed by atoms with E-state index in [-0.39, 0.29) is 36.8 Å². The fraction of sp³-hybridized carbons (Fsp3) is 0.700. The summed E-state index contributed by atoms with van der Waals surface area (Å²) in [5.41, 5.74) is -0.988. The number of hydrogen-bond donors (Lipinski definition) is 1. The van der Waals surface area contributed by atoms with Crippen LogP contribution < -0.4 is 0 Å². The zero-order chi connectivity index (χ0) is 23.1. The third kappa shape index (κ3) is 5.42. The molecule has 1 aliphatic carbocycles. The summed E-state index contributed by atoms with van der Waals surface area (Å²) in [4.78, 5) is 0. The van der Waals surface area contributed by atoms with Gasteiger partial charge in [0, 0.05) is 17.9 Å². The van der Waals surface area contributed by atoms with Crippen molar-refractivity contribution in [3.8, 4) is 0 Å². The fourth-order valence-electron chi connectivity index (χ4n) is 4.04. The minimum atomic E-state index is -4.57. The maximum Gasteiger partial charge on any atom is 0.435 e. The maximum atomic E-state index is 13.0. The average molecular weight is 452 g/mol. The predicted molar refractivity (Wildman–Crippen MR) is 100 cm³/mol. The predicted octanol–water partition coefficient (Wildman–Crippen LogP) is 5.06. The standard InChI is InChI=1S/C20H26F6N4O/c1-11(2)15-8-17(19(21,22)23)28-30(15)10-14-7-13(14)6-12(3)16-9-18(20(24,25)26)27-29(16)4-5-31/h8-9,11-14,31H,4-7,10H2,1-3H3/t12-,13?,14?/m1/s1. The third-order valence-electron chi connectivity index (χ3n) is 5.74. The highest BCUT2D eigenvalue weighted by molar-refractivity contribution is 5.18. The molecule has 2 unspecified atom stereocenters. The van der Waals surface area contributed by atoms with Gasteiger partial charge in [-0.25, -0.2) is 0 Å². The molecule has 0 spiro atoms. The van der Waals surface area contributed by atoms with Gasteiger partial charge in [0.15, 0.2) is 11.4 Å². The number of halogens is 6. The van der Waals surface area contributed by atoms with Gasteiger partial charge in [0.1, 0.15) is 0 Å². The van der Waals surface area contributed by atoms with E-state index in [4.69, 9.17) is 5.11 Å². The van der Waals surface area contributed by atoms with Gasteiger partial charge in [-0.05, 0) is 48.6 Å². The van der Waals surface area contributed by atoms with E-state index in [1.807, 2.05) is 0 Å². The molecule has 174 valence electrons. The SMILES string of the molecule is CC(C)c1cc(C(F)(F)F)nn1CC1CC1C[C@@H](C)c1cc(C(F)(F)F)nn1CCO. The molecular formula is C20H26F6N4O. The van der Waals surface area contributed by atoms with Gasteiger partial charge in [-0.15, -0.1) is 0 Å². The monoisotopic (exact) mass is 452 g/mol. The molecule has 2 aromatic heterocycles. The Hall–Kier alpha value is -2.04. The molecule has 11 heteroatoms. The highest BCUT2D eigenvalue weighted by Gasteiger charge is 2.41. The van der Waals surface area contributed by atoms with Gasteiger partial charge in [0.25, 0.3) is 0 Å². The molecule has 0 bridgehead atoms. The third-order valence-corrected chi connectivity index (χ3v) is 5.74. The number of rotatable bonds is 8. The van der Waals surface area contributed by atoms with E-state index in [0.29, 0.717) is 24.4 Å². The van der Waals surface area contributed by atoms with Gasteiger partial charge in [0.2, 0.25) is 0 Å². The Bertz CT molecular complexity index is 899. The zero-order valence-electron chi connectivity index (χ0n) is 17.5. The Balaban J connectivity index is 1.68. The number of hydrogen-bond acceptors (Lipinski definition) is 3. The van der Waals surface area contributed by atoms with Crippen LogP contribution in [0.2, 0.25) is 0 Å². The molecule has 31 heavy (non-hydrogen) atoms. The molecule has 5 nitrogen and oxygen atoms in total. The normalized spacial score (nSPS) is 20.5. The molecular weight excluding hydrogens is 426 g/mol. The van der Waals surface area contributed by atoms with Crippen molar-refractivity contribution in [3.05, 3.63) is 34.9 Å². The topological polar surface area (TPSA) is 55.9 Å². The Morgan fingerprint density at radius 3 is 2.00 bits per heavy atom. The van der Waals surface area contributed by atoms with E-state index in [1.54, 1.807) is 20.8 Å². The van der Waals surface area contributed by atoms with Crippen LogP contribution in [0.3, 0.4) is 0 Å². The van der Waals surface area contributed by atoms with Crippen molar-refractivity contribution in [3.63, 3.8) is 0 Å². The van der Waals surface area contributed by atoms with E-state index in [1.165, 1.54) is 9.36 Å². The highest BCUT2D eigenvalue weighted by Crippen LogP contribution is 2.47. The Kier molecular flexibility index (Phi) is 6.46. The second-order valence-corrected chi connectivity index (χ2v) is 8.58. The second-order valence-electron chi connectivity index (χ2n) is 8.58. The average Bonchev–Trinajstić information content (AvgIpc) is 3.04. The molecule has 1 fully saturated rings. The first-order valence-corrected chi connectivity index (χ1v) is 10.2. The molecule has 0 amide bonds. The second kappa shape index (κ2) is 8.48. The number of aliphatic hydroxyl groups excluding tert-OH is 1. The maximum absolute atomic E-state index is 13.0. The molecule has 0 aliphatic heterocycles. The van der Waals surface area contributed by atoms with Crippen molar-refractivity contribution < 1.29 is 31.4 Å². The quantitative estimate of drug-likeness (QED) is 0.570. The van der Waals surface area contributed by atoms with Gasteiger partial charge >= 0.3 is 12.4 Å². The molecule has 0 radical (unpaired) electrons. The van der Waals surface area contributed by atoms with Crippen LogP contribution in [0.1, 0.15) is 68.2 Å². The van der Waals surface area contributed by atoms with E-state index in [9.17, 15) is 26.3 Å². The molecule has 1 aliphatic rings. The lowest BCUT2D eigenvalue weighted by Gasteiger charge is -2.14. The van der Waals surface area contributed by atoms with E-state index < -0.39 is 23.7 Å². The van der Waals surface area contributed by atoms with Crippen molar-refractivity contribution in [2.24, 2.45) is 11.8 Å². The molecule has 1 N–H and O–H groups in total. The largest absolute Gasteiger partial charge is 0.435 e. The van der Waals surface area contributed by atoms with Crippen LogP contribution in [0.5, 0.6) is 0 Å². The number of nitrogens with zero attached hydrogens (tertiary/aromatic N) is 4. The van der Waals surface area contributed by atoms with Crippen LogP contribution in [-0.4, -0.2) is 31.3 Å². The van der Waals surface area contributed by atoms with Crippen LogP contribution in [-0.2, 0) is 25.4 Å². The van der Waals surface area contributed by atoms with Crippen LogP contribution in [0, 0.1) is 11.8 Å². The molecule has 0 aromatic carbocycles. The molecule has 0 saturated heterocycles. The smallest absolute Gasteiger partial charge is 0.394 e. The van der Waals surface area contributed by atoms with Crippen molar-refractivity contribution in [1.29, 1.82) is 0 Å². The minimum absolute atomic E-state index is 0.0326. The molecule has 3 atom stereocenters. The van der Waals surface area contributed by atoms with Gasteiger partial charge in [-0.1, -0.05) is 20.8 Å². The van der Waals surface area contributed by atoms with Gasteiger partial charge in [0.05, 0.1) is 13.2 Å². The van der Waals surface area contributed by atoms with Crippen LogP contribution >= 0.6 is 0 Å². The number of alkyl halides is 6. The summed E-state index contributed by atoms with van der Waals surface area (Å²) in [6, 6.07) is 2.09. The summed E-state index contributed by atoms with van der Waals surface area (Å²) in [5, 5.41) is 16.5. The van der Waals surface area contributed by atoms with Crippen LogP contribution in [0.25, 0.3) is 0 Å². The summed E-state index contributed by atoms with van der Waals surface area (Å²) < 4.78 is 80.8. The Morgan fingerprint density at radius 2 is 1.48 bits per heavy atom. The van der Waals surface area contributed by atoms with E-state index in [2.05, 4.69) is 10.2 Å².